The van der Waals surface area contributed by atoms with Crippen molar-refractivity contribution in [2.45, 2.75) is 13.8 Å². The lowest BCUT2D eigenvalue weighted by atomic mass is 10.2. The number of nitrogens with one attached hydrogen (secondary N) is 1. The molecule has 0 aromatic heterocycles. The second-order valence-corrected chi connectivity index (χ2v) is 1.61. The largest absolute Gasteiger partial charge is 0.412 e. The minimum Gasteiger partial charge on any atom is -0.412 e. The number of amidine groups is 1. The van der Waals surface area contributed by atoms with Gasteiger partial charge in [-0.05, 0) is 0 Å². The van der Waals surface area contributed by atoms with Gasteiger partial charge in [0.2, 0.25) is 0 Å². The highest BCUT2D eigenvalue weighted by Gasteiger charge is 1.91. The molecule has 0 rings (SSSR count). The average Bonchev–Trinajstić information content (AvgIpc) is 1.36. The third kappa shape index (κ3) is 5.43. The maximum Gasteiger partial charge on any atom is 0.0931 e. The van der Waals surface area contributed by atoms with Crippen LogP contribution in [0.5, 0.6) is 0 Å². The standard InChI is InChI=1S/C4H10N2.H2O/c1-3(2)4(5)6;/h3H,1-2H3,(H3,5,6);1H2. The minimum absolute atomic E-state index is 0. The fraction of sp³-hybridized carbons (Fsp3) is 0.750. The first kappa shape index (κ1) is 9.66. The number of hydrogen-bond donors (Lipinski definition) is 2. The monoisotopic (exact) mass is 104 g/mol. The zero-order chi connectivity index (χ0) is 5.15. The van der Waals surface area contributed by atoms with Crippen LogP contribution in [-0.2, 0) is 0 Å². The zero-order valence-corrected chi connectivity index (χ0v) is 4.65. The van der Waals surface area contributed by atoms with Crippen LogP contribution in [0.15, 0.2) is 0 Å². The van der Waals surface area contributed by atoms with Gasteiger partial charge in [0.15, 0.2) is 0 Å². The normalized spacial score (nSPS) is 7.86. The van der Waals surface area contributed by atoms with Crippen LogP contribution in [0.4, 0.5) is 0 Å². The van der Waals surface area contributed by atoms with Gasteiger partial charge >= 0.3 is 0 Å². The van der Waals surface area contributed by atoms with Crippen LogP contribution in [0.25, 0.3) is 0 Å². The lowest BCUT2D eigenvalue weighted by molar-refractivity contribution is 0.824. The van der Waals surface area contributed by atoms with Crippen LogP contribution in [0.1, 0.15) is 13.8 Å². The van der Waals surface area contributed by atoms with Crippen molar-refractivity contribution in [1.29, 1.82) is 5.41 Å². The quantitative estimate of drug-likeness (QED) is 0.349. The molecule has 0 amide bonds. The topological polar surface area (TPSA) is 81.4 Å². The molecule has 7 heavy (non-hydrogen) atoms. The second-order valence-electron chi connectivity index (χ2n) is 1.61. The molecule has 0 unspecified atom stereocenters. The summed E-state index contributed by atoms with van der Waals surface area (Å²) in [4.78, 5) is 0. The lowest BCUT2D eigenvalue weighted by Crippen LogP contribution is -2.16. The van der Waals surface area contributed by atoms with Crippen molar-refractivity contribution in [2.24, 2.45) is 11.7 Å². The highest BCUT2D eigenvalue weighted by molar-refractivity contribution is 5.78. The first-order chi connectivity index (χ1) is 2.64. The van der Waals surface area contributed by atoms with Gasteiger partial charge in [0.05, 0.1) is 5.84 Å². The summed E-state index contributed by atoms with van der Waals surface area (Å²) < 4.78 is 0. The van der Waals surface area contributed by atoms with Crippen LogP contribution in [0.2, 0.25) is 0 Å². The summed E-state index contributed by atoms with van der Waals surface area (Å²) in [6, 6.07) is 0. The molecule has 0 aliphatic rings. The third-order valence-corrected chi connectivity index (χ3v) is 0.622. The molecule has 0 fully saturated rings. The first-order valence-corrected chi connectivity index (χ1v) is 1.98. The maximum atomic E-state index is 6.73. The predicted molar refractivity (Wildman–Crippen MR) is 30.4 cm³/mol. The van der Waals surface area contributed by atoms with E-state index < -0.39 is 0 Å². The molecule has 44 valence electrons. The van der Waals surface area contributed by atoms with E-state index in [0.29, 0.717) is 0 Å². The van der Waals surface area contributed by atoms with E-state index in [1.165, 1.54) is 0 Å². The predicted octanol–water partition coefficient (Wildman–Crippen LogP) is -0.246. The van der Waals surface area contributed by atoms with E-state index in [1.807, 2.05) is 13.8 Å². The summed E-state index contributed by atoms with van der Waals surface area (Å²) in [6.07, 6.45) is 0. The van der Waals surface area contributed by atoms with Crippen LogP contribution in [-0.4, -0.2) is 11.3 Å². The Hall–Kier alpha value is -0.570. The van der Waals surface area contributed by atoms with E-state index in [4.69, 9.17) is 11.1 Å². The number of nitrogens with two attached hydrogens (primary N) is 1. The molecule has 0 aliphatic heterocycles. The molecule has 0 saturated heterocycles. The average molecular weight is 104 g/mol. The Balaban J connectivity index is 0. The molecule has 0 heterocycles. The van der Waals surface area contributed by atoms with Crippen LogP contribution in [0, 0.1) is 11.3 Å². The molecule has 0 aromatic carbocycles. The van der Waals surface area contributed by atoms with E-state index in [0.717, 1.165) is 0 Å². The fourth-order valence-electron chi connectivity index (χ4n) is 0. The highest BCUT2D eigenvalue weighted by Crippen LogP contribution is 1.85. The smallest absolute Gasteiger partial charge is 0.0931 e. The van der Waals surface area contributed by atoms with Crippen molar-refractivity contribution in [1.82, 2.24) is 0 Å². The van der Waals surface area contributed by atoms with Crippen LogP contribution in [0.3, 0.4) is 0 Å². The van der Waals surface area contributed by atoms with Gasteiger partial charge in [-0.3, -0.25) is 5.41 Å². The second kappa shape index (κ2) is 3.61. The lowest BCUT2D eigenvalue weighted by Gasteiger charge is -1.95. The highest BCUT2D eigenvalue weighted by atomic mass is 16.0. The number of hydrogen-bond acceptors (Lipinski definition) is 1. The summed E-state index contributed by atoms with van der Waals surface area (Å²) in [7, 11) is 0. The van der Waals surface area contributed by atoms with Gasteiger partial charge in [0.25, 0.3) is 0 Å². The van der Waals surface area contributed by atoms with Gasteiger partial charge in [-0.15, -0.1) is 0 Å². The minimum atomic E-state index is 0. The molecule has 0 atom stereocenters. The van der Waals surface area contributed by atoms with Gasteiger partial charge in [-0.1, -0.05) is 13.8 Å². The Kier molecular flexibility index (Phi) is 4.99. The fourth-order valence-corrected chi connectivity index (χ4v) is 0. The molecule has 0 aliphatic carbocycles. The van der Waals surface area contributed by atoms with Gasteiger partial charge in [-0.25, -0.2) is 0 Å². The Morgan fingerprint density at radius 3 is 1.71 bits per heavy atom. The van der Waals surface area contributed by atoms with Gasteiger partial charge in [0, 0.05) is 5.92 Å². The molecule has 3 heteroatoms. The molecule has 5 N–H and O–H groups in total. The molecule has 3 nitrogen and oxygen atoms in total. The Bertz CT molecular complexity index is 60.7. The summed E-state index contributed by atoms with van der Waals surface area (Å²) in [5.74, 6) is 0.472. The van der Waals surface area contributed by atoms with Crippen molar-refractivity contribution in [3.63, 3.8) is 0 Å². The van der Waals surface area contributed by atoms with E-state index in [2.05, 4.69) is 0 Å². The van der Waals surface area contributed by atoms with E-state index >= 15 is 0 Å². The summed E-state index contributed by atoms with van der Waals surface area (Å²) in [5.41, 5.74) is 5.02. The van der Waals surface area contributed by atoms with E-state index in [9.17, 15) is 0 Å². The van der Waals surface area contributed by atoms with Crippen molar-refractivity contribution in [2.75, 3.05) is 0 Å². The molecule has 0 spiro atoms. The van der Waals surface area contributed by atoms with Crippen molar-refractivity contribution < 1.29 is 5.48 Å². The van der Waals surface area contributed by atoms with Gasteiger partial charge in [-0.2, -0.15) is 0 Å². The summed E-state index contributed by atoms with van der Waals surface area (Å²) in [5, 5.41) is 6.73. The molecular formula is C4H12N2O. The Morgan fingerprint density at radius 1 is 1.57 bits per heavy atom. The zero-order valence-electron chi connectivity index (χ0n) is 4.65. The van der Waals surface area contributed by atoms with Crippen molar-refractivity contribution in [3.05, 3.63) is 0 Å². The van der Waals surface area contributed by atoms with Gasteiger partial charge in [0.1, 0.15) is 0 Å². The molecule has 0 saturated carbocycles. The summed E-state index contributed by atoms with van der Waals surface area (Å²) in [6.45, 7) is 3.78. The molecule has 0 radical (unpaired) electrons. The van der Waals surface area contributed by atoms with Crippen molar-refractivity contribution in [3.8, 4) is 0 Å². The van der Waals surface area contributed by atoms with E-state index in [-0.39, 0.29) is 17.2 Å². The van der Waals surface area contributed by atoms with Crippen LogP contribution < -0.4 is 5.73 Å². The third-order valence-electron chi connectivity index (χ3n) is 0.622. The van der Waals surface area contributed by atoms with Crippen molar-refractivity contribution >= 4 is 5.84 Å². The Morgan fingerprint density at radius 2 is 1.71 bits per heavy atom. The molecule has 0 aromatic rings. The Labute approximate surface area is 43.3 Å². The number of rotatable bonds is 1. The van der Waals surface area contributed by atoms with Gasteiger partial charge < -0.3 is 11.2 Å². The van der Waals surface area contributed by atoms with E-state index in [1.54, 1.807) is 0 Å². The van der Waals surface area contributed by atoms with Crippen LogP contribution >= 0.6 is 0 Å². The molecule has 0 bridgehead atoms. The first-order valence-electron chi connectivity index (χ1n) is 1.98. The molecular weight excluding hydrogens is 92.1 g/mol. The summed E-state index contributed by atoms with van der Waals surface area (Å²) >= 11 is 0. The SMILES string of the molecule is CC(C)C(=N)N.O. The maximum absolute atomic E-state index is 6.73.